The first kappa shape index (κ1) is 9.20. The van der Waals surface area contributed by atoms with Crippen molar-refractivity contribution in [2.75, 3.05) is 0 Å². The van der Waals surface area contributed by atoms with Crippen LogP contribution in [0.2, 0.25) is 0 Å². The second-order valence-electron chi connectivity index (χ2n) is 2.68. The average Bonchev–Trinajstić information content (AvgIpc) is 2.80. The summed E-state index contributed by atoms with van der Waals surface area (Å²) in [6.45, 7) is 0. The number of H-pyrrole nitrogens is 1. The fourth-order valence-corrected chi connectivity index (χ4v) is 1.11. The van der Waals surface area contributed by atoms with Crippen LogP contribution in [-0.2, 0) is 4.79 Å². The molecule has 0 saturated carbocycles. The zero-order valence-electron chi connectivity index (χ0n) is 7.68. The average molecular weight is 204 g/mol. The van der Waals surface area contributed by atoms with Crippen LogP contribution in [0.15, 0.2) is 30.6 Å². The predicted octanol–water partition coefficient (Wildman–Crippen LogP) is 0.511. The highest BCUT2D eigenvalue weighted by Gasteiger charge is 2.01. The number of aromatic nitrogens is 3. The van der Waals surface area contributed by atoms with Crippen LogP contribution in [0.3, 0.4) is 0 Å². The highest BCUT2D eigenvalue weighted by atomic mass is 16.6. The lowest BCUT2D eigenvalue weighted by Crippen LogP contribution is -2.15. The van der Waals surface area contributed by atoms with E-state index in [1.54, 1.807) is 24.3 Å². The van der Waals surface area contributed by atoms with Gasteiger partial charge in [-0.25, -0.2) is 4.98 Å². The molecule has 0 bridgehead atoms. The summed E-state index contributed by atoms with van der Waals surface area (Å²) in [6, 6.07) is 7.01. The van der Waals surface area contributed by atoms with Gasteiger partial charge in [-0.15, -0.1) is 0 Å². The number of aromatic amines is 1. The lowest BCUT2D eigenvalue weighted by atomic mass is 10.2. The molecule has 0 aliphatic heterocycles. The third kappa shape index (κ3) is 2.11. The minimum Gasteiger partial charge on any atom is -0.380 e. The second-order valence-corrected chi connectivity index (χ2v) is 2.68. The number of nitrogens with zero attached hydrogens (tertiary/aromatic N) is 2. The van der Waals surface area contributed by atoms with Crippen LogP contribution >= 0.6 is 0 Å². The highest BCUT2D eigenvalue weighted by Crippen LogP contribution is 2.17. The van der Waals surface area contributed by atoms with Crippen LogP contribution in [0.25, 0.3) is 11.4 Å². The Kier molecular flexibility index (Phi) is 2.59. The Balaban J connectivity index is 2.14. The first-order chi connectivity index (χ1) is 7.40. The molecular formula is C9H8N4O2. The molecule has 1 aromatic heterocycles. The van der Waals surface area contributed by atoms with Crippen molar-refractivity contribution < 1.29 is 9.63 Å². The Morgan fingerprint density at radius 2 is 2.13 bits per heavy atom. The van der Waals surface area contributed by atoms with E-state index in [-0.39, 0.29) is 0 Å². The van der Waals surface area contributed by atoms with Crippen molar-refractivity contribution in [2.45, 2.75) is 0 Å². The third-order valence-corrected chi connectivity index (χ3v) is 1.75. The molecule has 15 heavy (non-hydrogen) atoms. The van der Waals surface area contributed by atoms with Crippen molar-refractivity contribution in [3.05, 3.63) is 30.6 Å². The Morgan fingerprint density at radius 3 is 2.73 bits per heavy atom. The van der Waals surface area contributed by atoms with Gasteiger partial charge in [0, 0.05) is 5.56 Å². The molecule has 0 radical (unpaired) electrons. The summed E-state index contributed by atoms with van der Waals surface area (Å²) in [4.78, 5) is 18.8. The quantitative estimate of drug-likeness (QED) is 0.561. The fraction of sp³-hybridized carbons (Fsp3) is 0. The summed E-state index contributed by atoms with van der Waals surface area (Å²) < 4.78 is 0. The molecule has 6 heteroatoms. The molecule has 0 aliphatic rings. The maximum Gasteiger partial charge on any atom is 0.239 e. The first-order valence-corrected chi connectivity index (χ1v) is 4.22. The molecule has 0 unspecified atom stereocenters. The van der Waals surface area contributed by atoms with Gasteiger partial charge in [0.2, 0.25) is 6.41 Å². The molecule has 0 spiro atoms. The zero-order valence-corrected chi connectivity index (χ0v) is 7.68. The van der Waals surface area contributed by atoms with Gasteiger partial charge < -0.3 is 4.84 Å². The summed E-state index contributed by atoms with van der Waals surface area (Å²) >= 11 is 0. The van der Waals surface area contributed by atoms with Crippen molar-refractivity contribution in [3.8, 4) is 17.1 Å². The predicted molar refractivity (Wildman–Crippen MR) is 51.6 cm³/mol. The maximum atomic E-state index is 9.97. The Morgan fingerprint density at radius 1 is 1.33 bits per heavy atom. The molecule has 1 aromatic carbocycles. The van der Waals surface area contributed by atoms with E-state index in [1.807, 2.05) is 0 Å². The second kappa shape index (κ2) is 4.23. The molecule has 0 saturated heterocycles. The normalized spacial score (nSPS) is 9.60. The van der Waals surface area contributed by atoms with Crippen LogP contribution in [0.5, 0.6) is 5.75 Å². The number of hydrogen-bond acceptors (Lipinski definition) is 4. The molecule has 6 nitrogen and oxygen atoms in total. The topological polar surface area (TPSA) is 79.9 Å². The molecule has 0 atom stereocenters. The van der Waals surface area contributed by atoms with Gasteiger partial charge in [0.25, 0.3) is 0 Å². The maximum absolute atomic E-state index is 9.97. The van der Waals surface area contributed by atoms with E-state index in [2.05, 4.69) is 20.7 Å². The molecule has 0 fully saturated rings. The smallest absolute Gasteiger partial charge is 0.239 e. The Labute approximate surface area is 85.2 Å². The number of rotatable bonds is 4. The molecule has 2 rings (SSSR count). The number of nitrogens with one attached hydrogen (secondary N) is 2. The van der Waals surface area contributed by atoms with E-state index >= 15 is 0 Å². The number of hydroxylamine groups is 1. The number of benzene rings is 1. The van der Waals surface area contributed by atoms with Crippen LogP contribution in [0.1, 0.15) is 0 Å². The van der Waals surface area contributed by atoms with Gasteiger partial charge in [0.1, 0.15) is 6.33 Å². The van der Waals surface area contributed by atoms with E-state index in [0.29, 0.717) is 18.0 Å². The van der Waals surface area contributed by atoms with Gasteiger partial charge in [0.15, 0.2) is 11.6 Å². The van der Waals surface area contributed by atoms with E-state index < -0.39 is 0 Å². The van der Waals surface area contributed by atoms with E-state index in [9.17, 15) is 4.79 Å². The number of carbonyl (C=O) groups is 1. The fourth-order valence-electron chi connectivity index (χ4n) is 1.11. The van der Waals surface area contributed by atoms with Crippen molar-refractivity contribution in [2.24, 2.45) is 0 Å². The summed E-state index contributed by atoms with van der Waals surface area (Å²) in [6.07, 6.45) is 1.97. The Hall–Kier alpha value is -2.37. The van der Waals surface area contributed by atoms with Crippen molar-refractivity contribution in [1.29, 1.82) is 0 Å². The summed E-state index contributed by atoms with van der Waals surface area (Å²) in [5.41, 5.74) is 2.97. The molecule has 2 N–H and O–H groups in total. The zero-order chi connectivity index (χ0) is 10.5. The minimum absolute atomic E-state index is 0.461. The van der Waals surface area contributed by atoms with Gasteiger partial charge in [-0.2, -0.15) is 10.6 Å². The van der Waals surface area contributed by atoms with E-state index in [0.717, 1.165) is 5.56 Å². The standard InChI is InChI=1S/C9H8N4O2/c14-6-12-15-8-3-1-7(2-4-8)9-10-5-11-13-9/h1-6H,(H,12,14)(H,10,11,13). The van der Waals surface area contributed by atoms with Crippen LogP contribution in [-0.4, -0.2) is 21.6 Å². The first-order valence-electron chi connectivity index (χ1n) is 4.22. The van der Waals surface area contributed by atoms with Crippen molar-refractivity contribution in [3.63, 3.8) is 0 Å². The molecule has 1 amide bonds. The van der Waals surface area contributed by atoms with Gasteiger partial charge in [-0.05, 0) is 24.3 Å². The van der Waals surface area contributed by atoms with Gasteiger partial charge in [-0.1, -0.05) is 0 Å². The summed E-state index contributed by atoms with van der Waals surface area (Å²) in [5.74, 6) is 1.16. The highest BCUT2D eigenvalue weighted by molar-refractivity contribution is 5.55. The summed E-state index contributed by atoms with van der Waals surface area (Å²) in [7, 11) is 0. The lowest BCUT2D eigenvalue weighted by Gasteiger charge is -2.02. The van der Waals surface area contributed by atoms with E-state index in [4.69, 9.17) is 4.84 Å². The Bertz CT molecular complexity index is 424. The monoisotopic (exact) mass is 204 g/mol. The summed E-state index contributed by atoms with van der Waals surface area (Å²) in [5, 5.41) is 6.56. The SMILES string of the molecule is O=CNOc1ccc(-c2nc[nH]n2)cc1. The van der Waals surface area contributed by atoms with Crippen LogP contribution < -0.4 is 10.3 Å². The van der Waals surface area contributed by atoms with Crippen molar-refractivity contribution >= 4 is 6.41 Å². The number of carbonyl (C=O) groups excluding carboxylic acids is 1. The van der Waals surface area contributed by atoms with E-state index in [1.165, 1.54) is 6.33 Å². The largest absolute Gasteiger partial charge is 0.380 e. The minimum atomic E-state index is 0.461. The molecule has 0 aliphatic carbocycles. The van der Waals surface area contributed by atoms with Gasteiger partial charge >= 0.3 is 0 Å². The number of hydrogen-bond donors (Lipinski definition) is 2. The lowest BCUT2D eigenvalue weighted by molar-refractivity contribution is -0.115. The van der Waals surface area contributed by atoms with Crippen LogP contribution in [0, 0.1) is 0 Å². The van der Waals surface area contributed by atoms with Gasteiger partial charge in [0.05, 0.1) is 0 Å². The molecule has 2 aromatic rings. The van der Waals surface area contributed by atoms with Crippen LogP contribution in [0.4, 0.5) is 0 Å². The molecule has 1 heterocycles. The van der Waals surface area contributed by atoms with Crippen molar-refractivity contribution in [1.82, 2.24) is 20.7 Å². The molecular weight excluding hydrogens is 196 g/mol. The third-order valence-electron chi connectivity index (χ3n) is 1.75. The van der Waals surface area contributed by atoms with Gasteiger partial charge in [-0.3, -0.25) is 9.89 Å². The molecule has 76 valence electrons. The number of amides is 1.